The molecular weight excluding hydrogens is 238 g/mol. The van der Waals surface area contributed by atoms with Crippen LogP contribution in [0.2, 0.25) is 0 Å². The Bertz CT molecular complexity index is 522. The maximum Gasteiger partial charge on any atom is 0.152 e. The molecule has 0 amide bonds. The quantitative estimate of drug-likeness (QED) is 0.834. The molecule has 5 heteroatoms. The van der Waals surface area contributed by atoms with E-state index >= 15 is 0 Å². The van der Waals surface area contributed by atoms with Crippen molar-refractivity contribution < 1.29 is 0 Å². The van der Waals surface area contributed by atoms with Crippen LogP contribution in [0.15, 0.2) is 30.3 Å². The van der Waals surface area contributed by atoms with Gasteiger partial charge in [-0.25, -0.2) is 4.68 Å². The van der Waals surface area contributed by atoms with E-state index in [2.05, 4.69) is 50.8 Å². The van der Waals surface area contributed by atoms with Crippen LogP contribution in [0.25, 0.3) is 0 Å². The standard InChI is InChI=1S/C14H19N5/c1-18-14(15-16-17-18)9-11-19-10-5-8-13(19)12-6-3-2-4-7-12/h2-4,6-7,13H,5,8-11H2,1H3/t13-/m0/s1. The van der Waals surface area contributed by atoms with Gasteiger partial charge in [0, 0.05) is 26.1 Å². The van der Waals surface area contributed by atoms with E-state index in [1.165, 1.54) is 24.9 Å². The number of aromatic nitrogens is 4. The van der Waals surface area contributed by atoms with Gasteiger partial charge in [-0.1, -0.05) is 30.3 Å². The fraction of sp³-hybridized carbons (Fsp3) is 0.500. The Morgan fingerprint density at radius 1 is 1.26 bits per heavy atom. The van der Waals surface area contributed by atoms with E-state index in [0.29, 0.717) is 6.04 Å². The minimum absolute atomic E-state index is 0.558. The Labute approximate surface area is 113 Å². The van der Waals surface area contributed by atoms with Gasteiger partial charge in [0.15, 0.2) is 5.82 Å². The van der Waals surface area contributed by atoms with Crippen LogP contribution in [0.5, 0.6) is 0 Å². The second-order valence-corrected chi connectivity index (χ2v) is 5.07. The summed E-state index contributed by atoms with van der Waals surface area (Å²) in [5, 5.41) is 11.6. The molecular formula is C14H19N5. The van der Waals surface area contributed by atoms with Crippen molar-refractivity contribution in [2.24, 2.45) is 7.05 Å². The molecule has 0 aliphatic carbocycles. The van der Waals surface area contributed by atoms with Gasteiger partial charge in [0.2, 0.25) is 0 Å². The molecule has 19 heavy (non-hydrogen) atoms. The fourth-order valence-electron chi connectivity index (χ4n) is 2.85. The number of nitrogens with zero attached hydrogens (tertiary/aromatic N) is 5. The predicted octanol–water partition coefficient (Wildman–Crippen LogP) is 1.59. The van der Waals surface area contributed by atoms with Crippen LogP contribution in [0, 0.1) is 0 Å². The molecule has 0 N–H and O–H groups in total. The van der Waals surface area contributed by atoms with Gasteiger partial charge >= 0.3 is 0 Å². The molecule has 0 spiro atoms. The molecule has 1 aromatic heterocycles. The summed E-state index contributed by atoms with van der Waals surface area (Å²) in [5.41, 5.74) is 1.43. The average Bonchev–Trinajstić information content (AvgIpc) is 3.06. The molecule has 1 aliphatic rings. The summed E-state index contributed by atoms with van der Waals surface area (Å²) in [6, 6.07) is 11.3. The molecule has 2 aromatic rings. The summed E-state index contributed by atoms with van der Waals surface area (Å²) < 4.78 is 1.76. The van der Waals surface area contributed by atoms with Crippen LogP contribution in [0.1, 0.15) is 30.3 Å². The summed E-state index contributed by atoms with van der Waals surface area (Å²) >= 11 is 0. The zero-order chi connectivity index (χ0) is 13.1. The smallest absolute Gasteiger partial charge is 0.152 e. The first-order valence-corrected chi connectivity index (χ1v) is 6.85. The number of hydrogen-bond acceptors (Lipinski definition) is 4. The SMILES string of the molecule is Cn1nnnc1CCN1CCC[C@H]1c1ccccc1. The van der Waals surface area contributed by atoms with Crippen LogP contribution in [-0.4, -0.2) is 38.2 Å². The maximum absolute atomic E-state index is 4.05. The average molecular weight is 257 g/mol. The van der Waals surface area contributed by atoms with Gasteiger partial charge in [0.1, 0.15) is 0 Å². The molecule has 1 aliphatic heterocycles. The maximum atomic E-state index is 4.05. The zero-order valence-electron chi connectivity index (χ0n) is 11.2. The number of hydrogen-bond donors (Lipinski definition) is 0. The van der Waals surface area contributed by atoms with Crippen LogP contribution in [0.4, 0.5) is 0 Å². The van der Waals surface area contributed by atoms with Gasteiger partial charge in [0.05, 0.1) is 0 Å². The number of tetrazole rings is 1. The molecule has 0 bridgehead atoms. The summed E-state index contributed by atoms with van der Waals surface area (Å²) in [6.07, 6.45) is 3.44. The van der Waals surface area contributed by atoms with Gasteiger partial charge in [-0.05, 0) is 35.4 Å². The van der Waals surface area contributed by atoms with Crippen molar-refractivity contribution >= 4 is 0 Å². The lowest BCUT2D eigenvalue weighted by Gasteiger charge is -2.24. The Morgan fingerprint density at radius 2 is 2.11 bits per heavy atom. The first-order chi connectivity index (χ1) is 9.34. The van der Waals surface area contributed by atoms with Gasteiger partial charge in [-0.3, -0.25) is 4.90 Å². The second-order valence-electron chi connectivity index (χ2n) is 5.07. The van der Waals surface area contributed by atoms with Crippen molar-refractivity contribution in [1.82, 2.24) is 25.1 Å². The van der Waals surface area contributed by atoms with Crippen molar-refractivity contribution in [2.45, 2.75) is 25.3 Å². The molecule has 5 nitrogen and oxygen atoms in total. The number of rotatable bonds is 4. The van der Waals surface area contributed by atoms with E-state index in [4.69, 9.17) is 0 Å². The van der Waals surface area contributed by atoms with Gasteiger partial charge in [-0.2, -0.15) is 0 Å². The third-order valence-corrected chi connectivity index (χ3v) is 3.88. The third kappa shape index (κ3) is 2.66. The second kappa shape index (κ2) is 5.48. The summed E-state index contributed by atoms with van der Waals surface area (Å²) in [6.45, 7) is 2.19. The highest BCUT2D eigenvalue weighted by Crippen LogP contribution is 2.31. The zero-order valence-corrected chi connectivity index (χ0v) is 11.2. The lowest BCUT2D eigenvalue weighted by Crippen LogP contribution is -2.26. The molecule has 0 radical (unpaired) electrons. The summed E-state index contributed by atoms with van der Waals surface area (Å²) in [7, 11) is 1.90. The van der Waals surface area contributed by atoms with Gasteiger partial charge in [0.25, 0.3) is 0 Å². The highest BCUT2D eigenvalue weighted by molar-refractivity contribution is 5.20. The largest absolute Gasteiger partial charge is 0.296 e. The Kier molecular flexibility index (Phi) is 3.55. The first kappa shape index (κ1) is 12.3. The van der Waals surface area contributed by atoms with Crippen molar-refractivity contribution in [2.75, 3.05) is 13.1 Å². The normalized spacial score (nSPS) is 19.9. The van der Waals surface area contributed by atoms with Gasteiger partial charge < -0.3 is 0 Å². The molecule has 2 heterocycles. The molecule has 0 unspecified atom stereocenters. The number of aryl methyl sites for hydroxylation is 1. The van der Waals surface area contributed by atoms with E-state index in [1.54, 1.807) is 4.68 Å². The number of benzene rings is 1. The lowest BCUT2D eigenvalue weighted by atomic mass is 10.0. The molecule has 1 saturated heterocycles. The highest BCUT2D eigenvalue weighted by atomic mass is 15.5. The number of likely N-dealkylation sites (tertiary alicyclic amines) is 1. The monoisotopic (exact) mass is 257 g/mol. The van der Waals surface area contributed by atoms with Crippen LogP contribution in [-0.2, 0) is 13.5 Å². The lowest BCUT2D eigenvalue weighted by molar-refractivity contribution is 0.258. The van der Waals surface area contributed by atoms with Crippen LogP contribution >= 0.6 is 0 Å². The van der Waals surface area contributed by atoms with Crippen molar-refractivity contribution in [3.8, 4) is 0 Å². The highest BCUT2D eigenvalue weighted by Gasteiger charge is 2.25. The van der Waals surface area contributed by atoms with E-state index in [9.17, 15) is 0 Å². The van der Waals surface area contributed by atoms with Crippen molar-refractivity contribution in [3.05, 3.63) is 41.7 Å². The Balaban J connectivity index is 1.66. The van der Waals surface area contributed by atoms with Crippen LogP contribution < -0.4 is 0 Å². The van der Waals surface area contributed by atoms with Crippen LogP contribution in [0.3, 0.4) is 0 Å². The molecule has 3 rings (SSSR count). The Hall–Kier alpha value is -1.75. The molecule has 100 valence electrons. The predicted molar refractivity (Wildman–Crippen MR) is 72.5 cm³/mol. The summed E-state index contributed by atoms with van der Waals surface area (Å²) in [4.78, 5) is 2.55. The van der Waals surface area contributed by atoms with E-state index in [0.717, 1.165) is 18.8 Å². The minimum atomic E-state index is 0.558. The van der Waals surface area contributed by atoms with E-state index < -0.39 is 0 Å². The van der Waals surface area contributed by atoms with Crippen molar-refractivity contribution in [1.29, 1.82) is 0 Å². The molecule has 1 atom stereocenters. The fourth-order valence-corrected chi connectivity index (χ4v) is 2.85. The molecule has 1 aromatic carbocycles. The van der Waals surface area contributed by atoms with E-state index in [-0.39, 0.29) is 0 Å². The van der Waals surface area contributed by atoms with E-state index in [1.807, 2.05) is 7.05 Å². The topological polar surface area (TPSA) is 46.8 Å². The summed E-state index contributed by atoms with van der Waals surface area (Å²) in [5.74, 6) is 0.957. The minimum Gasteiger partial charge on any atom is -0.296 e. The first-order valence-electron chi connectivity index (χ1n) is 6.85. The molecule has 1 fully saturated rings. The van der Waals surface area contributed by atoms with Crippen molar-refractivity contribution in [3.63, 3.8) is 0 Å². The molecule has 0 saturated carbocycles. The third-order valence-electron chi connectivity index (χ3n) is 3.88. The Morgan fingerprint density at radius 3 is 2.84 bits per heavy atom. The van der Waals surface area contributed by atoms with Gasteiger partial charge in [-0.15, -0.1) is 5.10 Å².